The van der Waals surface area contributed by atoms with Gasteiger partial charge >= 0.3 is 0 Å². The zero-order valence-corrected chi connectivity index (χ0v) is 74.8. The minimum Gasteiger partial charge on any atom is -0.292 e. The Balaban J connectivity index is 0.000000112. The van der Waals surface area contributed by atoms with Gasteiger partial charge in [-0.15, -0.1) is 24.0 Å². The van der Waals surface area contributed by atoms with E-state index in [0.717, 1.165) is 56.2 Å². The van der Waals surface area contributed by atoms with Gasteiger partial charge in [0.2, 0.25) is 0 Å². The maximum atomic E-state index is 5.09. The molecule has 0 unspecified atom stereocenters. The van der Waals surface area contributed by atoms with Crippen LogP contribution in [0.4, 0.5) is 0 Å². The standard InChI is InChI=1S/2C43H28N2.C41H28.HI/c1-2-14-34(15-3-1)45-40-21-11-10-20-39(40)44-43(45)31-25-23-30(24-26-31)41-35-16-6-8-18-37(35)42(38-19-9-7-17-36(38)41)33-27-22-29-12-4-5-13-32(29)28-33;1-2-13-31(14-3-1)43-44-39-20-10-11-21-40(39)45(43)34-26-24-30(25-27-34)41-35-16-6-8-18-37(35)42(38-19-9-7-17-36(38)41)33-23-22-29-12-4-5-15-32(29)28-33;1-27-14-16-30(17-15-27)33-22-23-38-39(26-33)41(35-21-19-29-9-3-5-11-32(29)25-35)37-13-7-6-12-36(37)40(38)34-20-18-28-8-2-4-10-31(28)24-34;/h2*1-28H;2-26H,1H3;1H. The molecular formula is C127H85IN4. The first-order valence-electron chi connectivity index (χ1n) is 45.1. The van der Waals surface area contributed by atoms with E-state index in [9.17, 15) is 0 Å². The molecule has 0 radical (unpaired) electrons. The highest BCUT2D eigenvalue weighted by Crippen LogP contribution is 2.50. The Morgan fingerprint density at radius 2 is 0.402 bits per heavy atom. The first-order valence-corrected chi connectivity index (χ1v) is 45.1. The predicted octanol–water partition coefficient (Wildman–Crippen LogP) is 35.2. The Kier molecular flexibility index (Phi) is 20.8. The van der Waals surface area contributed by atoms with Crippen LogP contribution in [0.1, 0.15) is 5.56 Å². The van der Waals surface area contributed by atoms with Gasteiger partial charge in [0.15, 0.2) is 0 Å². The van der Waals surface area contributed by atoms with Crippen LogP contribution < -0.4 is 0 Å². The van der Waals surface area contributed by atoms with E-state index in [-0.39, 0.29) is 24.0 Å². The Hall–Kier alpha value is -16.5. The first kappa shape index (κ1) is 80.1. The number of aromatic nitrogens is 4. The van der Waals surface area contributed by atoms with Crippen LogP contribution in [0.25, 0.3) is 242 Å². The van der Waals surface area contributed by atoms with Crippen molar-refractivity contribution in [3.8, 4) is 112 Å². The number of fused-ring (bicyclic) bond motifs is 12. The lowest BCUT2D eigenvalue weighted by atomic mass is 9.84. The Labute approximate surface area is 782 Å². The largest absolute Gasteiger partial charge is 0.292 e. The molecular weight excluding hydrogens is 1710 g/mol. The summed E-state index contributed by atoms with van der Waals surface area (Å²) in [5.41, 5.74) is 27.3. The van der Waals surface area contributed by atoms with Gasteiger partial charge in [-0.2, -0.15) is 0 Å². The van der Waals surface area contributed by atoms with Gasteiger partial charge in [0.25, 0.3) is 0 Å². The second-order valence-corrected chi connectivity index (χ2v) is 34.2. The van der Waals surface area contributed by atoms with Crippen molar-refractivity contribution in [3.05, 3.63) is 497 Å². The molecule has 0 spiro atoms. The molecule has 0 fully saturated rings. The number of hydrogen-bond acceptors (Lipinski definition) is 2. The van der Waals surface area contributed by atoms with Gasteiger partial charge in [-0.3, -0.25) is 9.13 Å². The molecule has 0 saturated heterocycles. The molecule has 0 aliphatic heterocycles. The first-order chi connectivity index (χ1) is 64.9. The second-order valence-electron chi connectivity index (χ2n) is 34.2. The molecule has 0 aliphatic carbocycles. The van der Waals surface area contributed by atoms with Crippen LogP contribution in [-0.4, -0.2) is 19.1 Å². The number of aryl methyl sites for hydroxylation is 1. The van der Waals surface area contributed by atoms with Gasteiger partial charge < -0.3 is 0 Å². The molecule has 0 amide bonds. The van der Waals surface area contributed by atoms with Crippen LogP contribution in [-0.2, 0) is 0 Å². The van der Waals surface area contributed by atoms with Gasteiger partial charge in [0.1, 0.15) is 11.6 Å². The molecule has 0 aliphatic rings. The van der Waals surface area contributed by atoms with E-state index in [1.807, 2.05) is 6.07 Å². The summed E-state index contributed by atoms with van der Waals surface area (Å²) in [5, 5.41) is 25.2. The van der Waals surface area contributed by atoms with E-state index in [0.29, 0.717) is 0 Å². The molecule has 5 heteroatoms. The minimum atomic E-state index is 0. The van der Waals surface area contributed by atoms with Crippen molar-refractivity contribution < 1.29 is 0 Å². The second kappa shape index (κ2) is 34.3. The Bertz CT molecular complexity index is 8840. The molecule has 26 rings (SSSR count). The minimum absolute atomic E-state index is 0. The lowest BCUT2D eigenvalue weighted by Gasteiger charge is -2.19. The van der Waals surface area contributed by atoms with Crippen LogP contribution >= 0.6 is 24.0 Å². The fourth-order valence-electron chi connectivity index (χ4n) is 20.3. The highest BCUT2D eigenvalue weighted by atomic mass is 127. The van der Waals surface area contributed by atoms with Crippen molar-refractivity contribution in [3.63, 3.8) is 0 Å². The number of imidazole rings is 2. The molecule has 0 atom stereocenters. The molecule has 132 heavy (non-hydrogen) atoms. The third kappa shape index (κ3) is 14.4. The fourth-order valence-corrected chi connectivity index (χ4v) is 20.3. The molecule has 2 heterocycles. The number of nitrogens with zero attached hydrogens (tertiary/aromatic N) is 4. The summed E-state index contributed by atoms with van der Waals surface area (Å²) in [6.45, 7) is 2.14. The molecule has 620 valence electrons. The fraction of sp³-hybridized carbons (Fsp3) is 0.00787. The summed E-state index contributed by atoms with van der Waals surface area (Å²) >= 11 is 0. The predicted molar refractivity (Wildman–Crippen MR) is 573 cm³/mol. The number of benzene rings is 24. The van der Waals surface area contributed by atoms with Crippen molar-refractivity contribution in [1.29, 1.82) is 0 Å². The summed E-state index contributed by atoms with van der Waals surface area (Å²) < 4.78 is 4.53. The van der Waals surface area contributed by atoms with Crippen LogP contribution in [0.3, 0.4) is 0 Å². The van der Waals surface area contributed by atoms with E-state index in [2.05, 4.69) is 501 Å². The quantitative estimate of drug-likeness (QED) is 0.0956. The van der Waals surface area contributed by atoms with Gasteiger partial charge in [-0.25, -0.2) is 9.97 Å². The Morgan fingerprint density at radius 3 is 0.765 bits per heavy atom. The lowest BCUT2D eigenvalue weighted by Crippen LogP contribution is -1.97. The highest BCUT2D eigenvalue weighted by Gasteiger charge is 2.24. The van der Waals surface area contributed by atoms with Crippen LogP contribution in [0.5, 0.6) is 0 Å². The van der Waals surface area contributed by atoms with E-state index >= 15 is 0 Å². The lowest BCUT2D eigenvalue weighted by molar-refractivity contribution is 1.10. The van der Waals surface area contributed by atoms with E-state index in [1.54, 1.807) is 0 Å². The third-order valence-electron chi connectivity index (χ3n) is 26.4. The van der Waals surface area contributed by atoms with Crippen molar-refractivity contribution in [1.82, 2.24) is 19.1 Å². The van der Waals surface area contributed by atoms with E-state index < -0.39 is 0 Å². The van der Waals surface area contributed by atoms with Gasteiger partial charge in [-0.1, -0.05) is 418 Å². The Morgan fingerprint density at radius 1 is 0.159 bits per heavy atom. The van der Waals surface area contributed by atoms with Crippen LogP contribution in [0, 0.1) is 6.92 Å². The number of rotatable bonds is 11. The van der Waals surface area contributed by atoms with Crippen LogP contribution in [0.15, 0.2) is 491 Å². The number of hydrogen-bond donors (Lipinski definition) is 0. The van der Waals surface area contributed by atoms with Crippen molar-refractivity contribution >= 4 is 154 Å². The molecule has 4 nitrogen and oxygen atoms in total. The summed E-state index contributed by atoms with van der Waals surface area (Å²) in [5.74, 6) is 1.88. The SMILES string of the molecule is Cc1ccc(-c2ccc3c(-c4ccc5ccccc5c4)c4ccccc4c(-c4ccc5ccccc5c4)c3c2)cc1.I.c1ccc(-c2nc3ccccc3n2-c2ccc(-c3c4ccccc4c(-c4ccc5ccccc5c4)c4ccccc34)cc2)cc1.c1ccc(-n2c(-c3ccc(-c4c5ccccc5c(-c5ccc6ccccc6c5)c5ccccc45)cc3)nc3ccccc32)cc1. The smallest absolute Gasteiger partial charge is 0.145 e. The average Bonchev–Trinajstić information content (AvgIpc) is 1.10. The maximum Gasteiger partial charge on any atom is 0.145 e. The van der Waals surface area contributed by atoms with Gasteiger partial charge in [-0.05, 0) is 271 Å². The van der Waals surface area contributed by atoms with Gasteiger partial charge in [0, 0.05) is 22.5 Å². The summed E-state index contributed by atoms with van der Waals surface area (Å²) in [4.78, 5) is 10.1. The van der Waals surface area contributed by atoms with E-state index in [1.165, 1.54) is 191 Å². The third-order valence-corrected chi connectivity index (χ3v) is 26.4. The van der Waals surface area contributed by atoms with Gasteiger partial charge in [0.05, 0.1) is 22.1 Å². The zero-order valence-electron chi connectivity index (χ0n) is 72.5. The highest BCUT2D eigenvalue weighted by molar-refractivity contribution is 14.0. The molecule has 0 saturated carbocycles. The van der Waals surface area contributed by atoms with E-state index in [4.69, 9.17) is 9.97 Å². The maximum absolute atomic E-state index is 5.09. The van der Waals surface area contributed by atoms with Crippen LogP contribution in [0.2, 0.25) is 0 Å². The summed E-state index contributed by atoms with van der Waals surface area (Å²) in [6, 6.07) is 178. The number of halogens is 1. The molecule has 2 aromatic heterocycles. The molecule has 0 bridgehead atoms. The molecule has 24 aromatic carbocycles. The monoisotopic (exact) mass is 1790 g/mol. The zero-order chi connectivity index (χ0) is 86.8. The summed E-state index contributed by atoms with van der Waals surface area (Å²) in [6.07, 6.45) is 0. The summed E-state index contributed by atoms with van der Waals surface area (Å²) in [7, 11) is 0. The normalized spacial score (nSPS) is 11.5. The topological polar surface area (TPSA) is 35.6 Å². The van der Waals surface area contributed by atoms with Crippen molar-refractivity contribution in [2.75, 3.05) is 0 Å². The van der Waals surface area contributed by atoms with Crippen molar-refractivity contribution in [2.24, 2.45) is 0 Å². The average molecular weight is 1790 g/mol. The number of para-hydroxylation sites is 5. The van der Waals surface area contributed by atoms with Crippen molar-refractivity contribution in [2.45, 2.75) is 6.92 Å². The molecule has 26 aromatic rings. The molecule has 0 N–H and O–H groups in total.